The minimum atomic E-state index is -0.521. The van der Waals surface area contributed by atoms with Gasteiger partial charge in [0.2, 0.25) is 11.8 Å². The summed E-state index contributed by atoms with van der Waals surface area (Å²) in [5.41, 5.74) is 5.19. The number of ether oxygens (including phenoxy) is 2. The maximum atomic E-state index is 12.4. The summed E-state index contributed by atoms with van der Waals surface area (Å²) in [7, 11) is 0. The third-order valence-electron chi connectivity index (χ3n) is 7.92. The van der Waals surface area contributed by atoms with Crippen LogP contribution in [0.4, 0.5) is 5.69 Å². The largest absolute Gasteiger partial charge is 0.392 e. The predicted octanol–water partition coefficient (Wildman–Crippen LogP) is 5.38. The van der Waals surface area contributed by atoms with E-state index in [-0.39, 0.29) is 31.1 Å². The lowest BCUT2D eigenvalue weighted by Gasteiger charge is -2.38. The number of hydrogen-bond acceptors (Lipinski definition) is 7. The zero-order valence-electron chi connectivity index (χ0n) is 23.9. The molecule has 9 nitrogen and oxygen atoms in total. The molecule has 2 aliphatic heterocycles. The molecule has 0 aromatic heterocycles. The van der Waals surface area contributed by atoms with Crippen molar-refractivity contribution in [1.29, 1.82) is 0 Å². The lowest BCUT2D eigenvalue weighted by atomic mass is 9.99. The van der Waals surface area contributed by atoms with Crippen LogP contribution in [0.5, 0.6) is 0 Å². The Bertz CT molecular complexity index is 1070. The van der Waals surface area contributed by atoms with E-state index in [1.165, 1.54) is 32.1 Å². The standard InChI is InChI=1S/C32H45N3O6/c36-23-24-11-13-25(14-12-24)29-21-28(22-35-19-7-2-1-3-8-20-35)40-32(41-29)26-15-17-27(18-16-26)33-30(37)9-5-4-6-10-31(38)34-39/h11-18,28-29,32,36,39H,1-10,19-23H2,(H,33,37)(H,34,38). The SMILES string of the molecule is O=C(CCCCCC(=O)Nc1ccc(C2OC(CN3CCCCCCC3)CC(c3ccc(CO)cc3)O2)cc1)NO. The van der Waals surface area contributed by atoms with Crippen LogP contribution in [0, 0.1) is 0 Å². The van der Waals surface area contributed by atoms with Crippen LogP contribution >= 0.6 is 0 Å². The predicted molar refractivity (Wildman–Crippen MR) is 156 cm³/mol. The van der Waals surface area contributed by atoms with Crippen molar-refractivity contribution < 1.29 is 29.4 Å². The maximum absolute atomic E-state index is 12.4. The molecule has 0 radical (unpaired) electrons. The van der Waals surface area contributed by atoms with Crippen molar-refractivity contribution in [3.8, 4) is 0 Å². The summed E-state index contributed by atoms with van der Waals surface area (Å²) in [5, 5.41) is 20.9. The molecule has 3 atom stereocenters. The molecule has 0 bridgehead atoms. The first-order valence-electron chi connectivity index (χ1n) is 15.1. The van der Waals surface area contributed by atoms with Crippen molar-refractivity contribution in [2.45, 2.75) is 95.7 Å². The number of hydroxylamine groups is 1. The molecule has 2 amide bonds. The Balaban J connectivity index is 1.36. The van der Waals surface area contributed by atoms with Crippen LogP contribution in [0.25, 0.3) is 0 Å². The van der Waals surface area contributed by atoms with E-state index in [9.17, 15) is 14.7 Å². The molecule has 4 N–H and O–H groups in total. The summed E-state index contributed by atoms with van der Waals surface area (Å²) in [4.78, 5) is 26.0. The van der Waals surface area contributed by atoms with Crippen LogP contribution < -0.4 is 10.8 Å². The van der Waals surface area contributed by atoms with E-state index >= 15 is 0 Å². The third kappa shape index (κ3) is 10.2. The fraction of sp³-hybridized carbons (Fsp3) is 0.562. The number of rotatable bonds is 12. The van der Waals surface area contributed by atoms with Crippen molar-refractivity contribution in [2.24, 2.45) is 0 Å². The highest BCUT2D eigenvalue weighted by molar-refractivity contribution is 5.90. The summed E-state index contributed by atoms with van der Waals surface area (Å²) in [5.74, 6) is -0.482. The molecule has 2 aliphatic rings. The number of carbonyl (C=O) groups excluding carboxylic acids is 2. The van der Waals surface area contributed by atoms with Crippen LogP contribution in [0.1, 0.15) is 99.7 Å². The lowest BCUT2D eigenvalue weighted by molar-refractivity contribution is -0.253. The lowest BCUT2D eigenvalue weighted by Crippen LogP contribution is -2.40. The van der Waals surface area contributed by atoms with Crippen molar-refractivity contribution in [2.75, 3.05) is 25.0 Å². The summed E-state index contributed by atoms with van der Waals surface area (Å²) < 4.78 is 13.0. The van der Waals surface area contributed by atoms with Gasteiger partial charge in [-0.3, -0.25) is 14.8 Å². The molecular formula is C32H45N3O6. The van der Waals surface area contributed by atoms with Gasteiger partial charge in [0.05, 0.1) is 18.8 Å². The molecule has 2 aromatic rings. The highest BCUT2D eigenvalue weighted by Crippen LogP contribution is 2.38. The van der Waals surface area contributed by atoms with Gasteiger partial charge in [0.1, 0.15) is 0 Å². The number of carbonyl (C=O) groups is 2. The fourth-order valence-corrected chi connectivity index (χ4v) is 5.57. The molecule has 224 valence electrons. The molecule has 41 heavy (non-hydrogen) atoms. The number of hydrogen-bond donors (Lipinski definition) is 4. The monoisotopic (exact) mass is 567 g/mol. The topological polar surface area (TPSA) is 120 Å². The van der Waals surface area contributed by atoms with Gasteiger partial charge >= 0.3 is 0 Å². The van der Waals surface area contributed by atoms with Gasteiger partial charge in [-0.25, -0.2) is 5.48 Å². The smallest absolute Gasteiger partial charge is 0.243 e. The maximum Gasteiger partial charge on any atom is 0.243 e. The van der Waals surface area contributed by atoms with E-state index in [1.807, 2.05) is 48.5 Å². The van der Waals surface area contributed by atoms with E-state index < -0.39 is 12.2 Å². The van der Waals surface area contributed by atoms with Crippen molar-refractivity contribution in [3.05, 3.63) is 65.2 Å². The number of nitrogens with one attached hydrogen (secondary N) is 2. The molecule has 2 fully saturated rings. The molecule has 0 saturated carbocycles. The molecule has 4 rings (SSSR count). The van der Waals surface area contributed by atoms with Crippen molar-refractivity contribution >= 4 is 17.5 Å². The van der Waals surface area contributed by atoms with Gasteiger partial charge in [0.15, 0.2) is 6.29 Å². The first kappa shape index (κ1) is 31.1. The number of benzene rings is 2. The number of likely N-dealkylation sites (tertiary alicyclic amines) is 1. The average Bonchev–Trinajstić information content (AvgIpc) is 2.98. The van der Waals surface area contributed by atoms with Crippen molar-refractivity contribution in [3.63, 3.8) is 0 Å². The normalized spacial score (nSPS) is 22.0. The number of aliphatic hydroxyl groups excluding tert-OH is 1. The Morgan fingerprint density at radius 3 is 2.10 bits per heavy atom. The molecule has 0 aliphatic carbocycles. The second-order valence-electron chi connectivity index (χ2n) is 11.2. The van der Waals surface area contributed by atoms with E-state index in [0.717, 1.165) is 49.2 Å². The Hall–Kier alpha value is -2.82. The minimum absolute atomic E-state index is 0.0152. The van der Waals surface area contributed by atoms with Crippen molar-refractivity contribution in [1.82, 2.24) is 10.4 Å². The number of anilines is 1. The summed E-state index contributed by atoms with van der Waals surface area (Å²) in [6.07, 6.45) is 9.17. The first-order valence-corrected chi connectivity index (χ1v) is 15.1. The minimum Gasteiger partial charge on any atom is -0.392 e. The number of unbranched alkanes of at least 4 members (excludes halogenated alkanes) is 2. The van der Waals surface area contributed by atoms with Crippen LogP contribution in [0.15, 0.2) is 48.5 Å². The molecule has 9 heteroatoms. The molecule has 2 aromatic carbocycles. The number of nitrogens with zero attached hydrogens (tertiary/aromatic N) is 1. The summed E-state index contributed by atoms with van der Waals surface area (Å²) >= 11 is 0. The van der Waals surface area contributed by atoms with E-state index in [4.69, 9.17) is 14.7 Å². The van der Waals surface area contributed by atoms with Crippen LogP contribution in [0.3, 0.4) is 0 Å². The Morgan fingerprint density at radius 1 is 0.805 bits per heavy atom. The molecular weight excluding hydrogens is 522 g/mol. The fourth-order valence-electron chi connectivity index (χ4n) is 5.57. The zero-order chi connectivity index (χ0) is 28.9. The molecule has 3 unspecified atom stereocenters. The summed E-state index contributed by atoms with van der Waals surface area (Å²) in [6.45, 7) is 3.10. The second-order valence-corrected chi connectivity index (χ2v) is 11.2. The number of aliphatic hydroxyl groups is 1. The van der Waals surface area contributed by atoms with E-state index in [2.05, 4.69) is 10.2 Å². The summed E-state index contributed by atoms with van der Waals surface area (Å²) in [6, 6.07) is 15.6. The van der Waals surface area contributed by atoms with E-state index in [1.54, 1.807) is 5.48 Å². The van der Waals surface area contributed by atoms with Crippen LogP contribution in [-0.4, -0.2) is 52.8 Å². The van der Waals surface area contributed by atoms with Crippen LogP contribution in [-0.2, 0) is 25.7 Å². The van der Waals surface area contributed by atoms with Crippen LogP contribution in [0.2, 0.25) is 0 Å². The zero-order valence-corrected chi connectivity index (χ0v) is 23.9. The van der Waals surface area contributed by atoms with Gasteiger partial charge in [-0.15, -0.1) is 0 Å². The van der Waals surface area contributed by atoms with Gasteiger partial charge in [-0.2, -0.15) is 0 Å². The molecule has 0 spiro atoms. The molecule has 2 saturated heterocycles. The quantitative estimate of drug-likeness (QED) is 0.154. The van der Waals surface area contributed by atoms with E-state index in [0.29, 0.717) is 24.9 Å². The van der Waals surface area contributed by atoms with Gasteiger partial charge in [-0.1, -0.05) is 62.1 Å². The van der Waals surface area contributed by atoms with Gasteiger partial charge in [0, 0.05) is 37.1 Å². The van der Waals surface area contributed by atoms with Gasteiger partial charge in [0.25, 0.3) is 0 Å². The highest BCUT2D eigenvalue weighted by atomic mass is 16.7. The third-order valence-corrected chi connectivity index (χ3v) is 7.92. The van der Waals surface area contributed by atoms with Gasteiger partial charge < -0.3 is 24.8 Å². The second kappa shape index (κ2) is 16.6. The Kier molecular flexibility index (Phi) is 12.6. The number of amides is 2. The average molecular weight is 568 g/mol. The Labute approximate surface area is 243 Å². The highest BCUT2D eigenvalue weighted by Gasteiger charge is 2.33. The first-order chi connectivity index (χ1) is 20.0. The Morgan fingerprint density at radius 2 is 1.44 bits per heavy atom. The van der Waals surface area contributed by atoms with Gasteiger partial charge in [-0.05, 0) is 62.0 Å². The molecule has 2 heterocycles.